The van der Waals surface area contributed by atoms with Crippen LogP contribution in [0.4, 0.5) is 10.5 Å². The zero-order valence-corrected chi connectivity index (χ0v) is 16.5. The van der Waals surface area contributed by atoms with Gasteiger partial charge in [0.1, 0.15) is 5.75 Å². The molecule has 1 aliphatic heterocycles. The maximum atomic E-state index is 12.6. The largest absolute Gasteiger partial charge is 0.497 e. The number of urea groups is 1. The molecule has 7 nitrogen and oxygen atoms in total. The Balaban J connectivity index is 1.60. The van der Waals surface area contributed by atoms with E-state index in [-0.39, 0.29) is 17.4 Å². The molecule has 2 aromatic rings. The number of rotatable bonds is 4. The van der Waals surface area contributed by atoms with Crippen LogP contribution in [0.3, 0.4) is 0 Å². The van der Waals surface area contributed by atoms with Crippen LogP contribution >= 0.6 is 0 Å². The molecule has 1 aliphatic rings. The van der Waals surface area contributed by atoms with Crippen LogP contribution in [0.25, 0.3) is 0 Å². The number of likely N-dealkylation sites (tertiary alicyclic amines) is 1. The monoisotopic (exact) mass is 372 g/mol. The third-order valence-electron chi connectivity index (χ3n) is 4.56. The lowest BCUT2D eigenvalue weighted by Crippen LogP contribution is -2.41. The van der Waals surface area contributed by atoms with Crippen molar-refractivity contribution in [2.75, 3.05) is 25.5 Å². The number of anilines is 1. The van der Waals surface area contributed by atoms with Gasteiger partial charge in [0.25, 0.3) is 0 Å². The van der Waals surface area contributed by atoms with E-state index in [2.05, 4.69) is 36.3 Å². The van der Waals surface area contributed by atoms with Gasteiger partial charge >= 0.3 is 6.03 Å². The summed E-state index contributed by atoms with van der Waals surface area (Å²) < 4.78 is 11.0. The van der Waals surface area contributed by atoms with Crippen LogP contribution in [0.5, 0.6) is 5.75 Å². The summed E-state index contributed by atoms with van der Waals surface area (Å²) in [6.45, 7) is 7.73. The predicted octanol–water partition coefficient (Wildman–Crippen LogP) is 4.08. The van der Waals surface area contributed by atoms with Gasteiger partial charge in [-0.1, -0.05) is 20.8 Å². The number of carbonyl (C=O) groups excluding carboxylic acids is 1. The van der Waals surface area contributed by atoms with Crippen LogP contribution < -0.4 is 10.1 Å². The molecule has 0 spiro atoms. The fourth-order valence-corrected chi connectivity index (χ4v) is 3.20. The number of hydrogen-bond donors (Lipinski definition) is 1. The first-order chi connectivity index (χ1) is 12.8. The van der Waals surface area contributed by atoms with Crippen molar-refractivity contribution in [1.82, 2.24) is 15.1 Å². The Hall–Kier alpha value is -2.57. The number of carbonyl (C=O) groups is 1. The summed E-state index contributed by atoms with van der Waals surface area (Å²) in [7, 11) is 1.62. The molecule has 146 valence electrons. The Morgan fingerprint density at radius 2 is 2.04 bits per heavy atom. The Morgan fingerprint density at radius 1 is 1.30 bits per heavy atom. The van der Waals surface area contributed by atoms with E-state index in [4.69, 9.17) is 9.15 Å². The molecule has 0 bridgehead atoms. The van der Waals surface area contributed by atoms with E-state index in [1.165, 1.54) is 0 Å². The number of amides is 2. The molecule has 0 aliphatic carbocycles. The van der Waals surface area contributed by atoms with Crippen LogP contribution in [0.15, 0.2) is 28.7 Å². The summed E-state index contributed by atoms with van der Waals surface area (Å²) >= 11 is 0. The van der Waals surface area contributed by atoms with Gasteiger partial charge in [-0.2, -0.15) is 0 Å². The van der Waals surface area contributed by atoms with Crippen molar-refractivity contribution in [3.8, 4) is 5.75 Å². The third kappa shape index (κ3) is 5.21. The molecule has 2 heterocycles. The highest BCUT2D eigenvalue weighted by Gasteiger charge is 2.29. The molecule has 1 atom stereocenters. The Morgan fingerprint density at radius 3 is 2.70 bits per heavy atom. The molecule has 3 rings (SSSR count). The Labute approximate surface area is 160 Å². The number of aromatic nitrogens is 2. The average Bonchev–Trinajstić information content (AvgIpc) is 3.09. The SMILES string of the molecule is COc1ccc(NC(=O)N2CCCC(c3nnc(CC(C)(C)C)o3)C2)cc1. The van der Waals surface area contributed by atoms with E-state index >= 15 is 0 Å². The van der Waals surface area contributed by atoms with Gasteiger partial charge in [-0.15, -0.1) is 10.2 Å². The van der Waals surface area contributed by atoms with Crippen LogP contribution in [0, 0.1) is 5.41 Å². The molecule has 1 aromatic carbocycles. The second-order valence-electron chi connectivity index (χ2n) is 8.22. The Kier molecular flexibility index (Phi) is 5.68. The van der Waals surface area contributed by atoms with Gasteiger partial charge in [0.05, 0.1) is 13.0 Å². The molecule has 2 amide bonds. The van der Waals surface area contributed by atoms with Crippen molar-refractivity contribution in [1.29, 1.82) is 0 Å². The smallest absolute Gasteiger partial charge is 0.321 e. The van der Waals surface area contributed by atoms with E-state index in [9.17, 15) is 4.79 Å². The molecule has 27 heavy (non-hydrogen) atoms. The predicted molar refractivity (Wildman–Crippen MR) is 103 cm³/mol. The van der Waals surface area contributed by atoms with Crippen LogP contribution in [-0.4, -0.2) is 41.3 Å². The number of benzene rings is 1. The van der Waals surface area contributed by atoms with Gasteiger partial charge in [-0.05, 0) is 42.5 Å². The van der Waals surface area contributed by atoms with Crippen molar-refractivity contribution >= 4 is 11.7 Å². The van der Waals surface area contributed by atoms with Gasteiger partial charge in [0.2, 0.25) is 11.8 Å². The molecular formula is C20H28N4O3. The van der Waals surface area contributed by atoms with Crippen molar-refractivity contribution in [2.24, 2.45) is 5.41 Å². The summed E-state index contributed by atoms with van der Waals surface area (Å²) in [5, 5.41) is 11.4. The van der Waals surface area contributed by atoms with Gasteiger partial charge in [0.15, 0.2) is 0 Å². The topological polar surface area (TPSA) is 80.5 Å². The minimum Gasteiger partial charge on any atom is -0.497 e. The quantitative estimate of drug-likeness (QED) is 0.875. The number of nitrogens with one attached hydrogen (secondary N) is 1. The minimum atomic E-state index is -0.112. The molecule has 1 fully saturated rings. The lowest BCUT2D eigenvalue weighted by atomic mass is 9.92. The van der Waals surface area contributed by atoms with Crippen molar-refractivity contribution in [2.45, 2.75) is 46.0 Å². The summed E-state index contributed by atoms with van der Waals surface area (Å²) in [6, 6.07) is 7.19. The van der Waals surface area contributed by atoms with Gasteiger partial charge in [-0.3, -0.25) is 0 Å². The van der Waals surface area contributed by atoms with E-state index in [1.54, 1.807) is 7.11 Å². The standard InChI is InChI=1S/C20H28N4O3/c1-20(2,3)12-17-22-23-18(27-17)14-6-5-11-24(13-14)19(25)21-15-7-9-16(26-4)10-8-15/h7-10,14H,5-6,11-13H2,1-4H3,(H,21,25). The lowest BCUT2D eigenvalue weighted by Gasteiger charge is -2.31. The fraction of sp³-hybridized carbons (Fsp3) is 0.550. The highest BCUT2D eigenvalue weighted by Crippen LogP contribution is 2.28. The Bertz CT molecular complexity index is 764. The summed E-state index contributed by atoms with van der Waals surface area (Å²) in [4.78, 5) is 14.4. The highest BCUT2D eigenvalue weighted by atomic mass is 16.5. The van der Waals surface area contributed by atoms with E-state index in [0.717, 1.165) is 37.2 Å². The zero-order chi connectivity index (χ0) is 19.4. The molecule has 1 unspecified atom stereocenters. The highest BCUT2D eigenvalue weighted by molar-refractivity contribution is 5.89. The summed E-state index contributed by atoms with van der Waals surface area (Å²) in [5.41, 5.74) is 0.842. The van der Waals surface area contributed by atoms with E-state index in [1.807, 2.05) is 29.2 Å². The summed E-state index contributed by atoms with van der Waals surface area (Å²) in [5.74, 6) is 2.14. The fourth-order valence-electron chi connectivity index (χ4n) is 3.20. The lowest BCUT2D eigenvalue weighted by molar-refractivity contribution is 0.186. The molecule has 1 N–H and O–H groups in total. The van der Waals surface area contributed by atoms with Gasteiger partial charge < -0.3 is 19.4 Å². The number of ether oxygens (including phenoxy) is 1. The average molecular weight is 372 g/mol. The molecular weight excluding hydrogens is 344 g/mol. The van der Waals surface area contributed by atoms with Crippen LogP contribution in [-0.2, 0) is 6.42 Å². The van der Waals surface area contributed by atoms with E-state index < -0.39 is 0 Å². The van der Waals surface area contributed by atoms with Crippen LogP contribution in [0.1, 0.15) is 51.3 Å². The first kappa shape index (κ1) is 19.2. The van der Waals surface area contributed by atoms with Crippen molar-refractivity contribution in [3.63, 3.8) is 0 Å². The normalized spacial score (nSPS) is 17.6. The second kappa shape index (κ2) is 7.98. The molecule has 0 saturated carbocycles. The van der Waals surface area contributed by atoms with Crippen molar-refractivity contribution in [3.05, 3.63) is 36.0 Å². The first-order valence-corrected chi connectivity index (χ1v) is 9.36. The second-order valence-corrected chi connectivity index (χ2v) is 8.22. The van der Waals surface area contributed by atoms with Gasteiger partial charge in [-0.25, -0.2) is 4.79 Å². The first-order valence-electron chi connectivity index (χ1n) is 9.36. The number of methoxy groups -OCH3 is 1. The zero-order valence-electron chi connectivity index (χ0n) is 16.5. The number of piperidine rings is 1. The number of hydrogen-bond acceptors (Lipinski definition) is 5. The third-order valence-corrected chi connectivity index (χ3v) is 4.56. The van der Waals surface area contributed by atoms with E-state index in [0.29, 0.717) is 18.3 Å². The minimum absolute atomic E-state index is 0.0848. The number of nitrogens with zero attached hydrogens (tertiary/aromatic N) is 3. The maximum Gasteiger partial charge on any atom is 0.321 e. The molecule has 7 heteroatoms. The summed E-state index contributed by atoms with van der Waals surface area (Å²) in [6.07, 6.45) is 2.61. The maximum absolute atomic E-state index is 12.6. The van der Waals surface area contributed by atoms with Crippen LogP contribution in [0.2, 0.25) is 0 Å². The molecule has 0 radical (unpaired) electrons. The van der Waals surface area contributed by atoms with Crippen molar-refractivity contribution < 1.29 is 13.9 Å². The molecule has 1 aromatic heterocycles. The van der Waals surface area contributed by atoms with Gasteiger partial charge in [0, 0.05) is 25.2 Å². The molecule has 1 saturated heterocycles.